The Balaban J connectivity index is 1.75. The molecular formula is C19H21ClN2O5S. The molecule has 0 saturated carbocycles. The molecule has 0 fully saturated rings. The number of aryl methyl sites for hydroxylation is 2. The van der Waals surface area contributed by atoms with Gasteiger partial charge in [-0.3, -0.25) is 9.59 Å². The van der Waals surface area contributed by atoms with Crippen molar-refractivity contribution in [2.75, 3.05) is 18.5 Å². The largest absolute Gasteiger partial charge is 0.456 e. The van der Waals surface area contributed by atoms with Crippen LogP contribution in [0.1, 0.15) is 17.5 Å². The molecule has 150 valence electrons. The van der Waals surface area contributed by atoms with E-state index < -0.39 is 28.5 Å². The molecular weight excluding hydrogens is 404 g/mol. The molecule has 0 aliphatic heterocycles. The van der Waals surface area contributed by atoms with Crippen molar-refractivity contribution in [1.82, 2.24) is 4.72 Å². The number of hydrogen-bond donors (Lipinski definition) is 2. The molecule has 7 nitrogen and oxygen atoms in total. The molecule has 0 saturated heterocycles. The van der Waals surface area contributed by atoms with E-state index in [0.29, 0.717) is 10.7 Å². The van der Waals surface area contributed by atoms with Crippen LogP contribution in [0.3, 0.4) is 0 Å². The molecule has 0 aliphatic carbocycles. The maximum absolute atomic E-state index is 12.1. The average Bonchev–Trinajstić information content (AvgIpc) is 2.62. The molecule has 2 rings (SSSR count). The van der Waals surface area contributed by atoms with E-state index >= 15 is 0 Å². The smallest absolute Gasteiger partial charge is 0.307 e. The maximum atomic E-state index is 12.1. The summed E-state index contributed by atoms with van der Waals surface area (Å²) < 4.78 is 31.3. The second-order valence-corrected chi connectivity index (χ2v) is 8.33. The van der Waals surface area contributed by atoms with Crippen molar-refractivity contribution in [2.45, 2.75) is 25.2 Å². The Bertz CT molecular complexity index is 959. The highest BCUT2D eigenvalue weighted by molar-refractivity contribution is 7.89. The van der Waals surface area contributed by atoms with Crippen LogP contribution in [0.25, 0.3) is 0 Å². The molecule has 28 heavy (non-hydrogen) atoms. The van der Waals surface area contributed by atoms with Crippen molar-refractivity contribution < 1.29 is 22.7 Å². The topological polar surface area (TPSA) is 102 Å². The second-order valence-electron chi connectivity index (χ2n) is 6.13. The summed E-state index contributed by atoms with van der Waals surface area (Å²) >= 11 is 5.73. The summed E-state index contributed by atoms with van der Waals surface area (Å²) in [4.78, 5) is 23.7. The lowest BCUT2D eigenvalue weighted by Crippen LogP contribution is -2.28. The van der Waals surface area contributed by atoms with E-state index in [2.05, 4.69) is 10.0 Å². The van der Waals surface area contributed by atoms with Crippen LogP contribution in [0.4, 0.5) is 5.69 Å². The van der Waals surface area contributed by atoms with Gasteiger partial charge in [0.25, 0.3) is 5.91 Å². The van der Waals surface area contributed by atoms with Crippen molar-refractivity contribution in [2.24, 2.45) is 0 Å². The van der Waals surface area contributed by atoms with Gasteiger partial charge in [-0.25, -0.2) is 13.1 Å². The zero-order valence-corrected chi connectivity index (χ0v) is 17.1. The van der Waals surface area contributed by atoms with Crippen LogP contribution >= 0.6 is 11.6 Å². The standard InChI is InChI=1S/C19H21ClN2O5S/c1-13-3-8-17(14(2)11-13)22-18(23)12-27-19(24)9-10-21-28(25,26)16-6-4-15(20)5-7-16/h3-8,11,21H,9-10,12H2,1-2H3,(H,22,23). The van der Waals surface area contributed by atoms with Crippen molar-refractivity contribution in [1.29, 1.82) is 0 Å². The van der Waals surface area contributed by atoms with Gasteiger partial charge in [0, 0.05) is 17.3 Å². The minimum atomic E-state index is -3.75. The number of esters is 1. The fourth-order valence-electron chi connectivity index (χ4n) is 2.34. The molecule has 0 atom stereocenters. The molecule has 9 heteroatoms. The van der Waals surface area contributed by atoms with Crippen molar-refractivity contribution >= 4 is 39.2 Å². The summed E-state index contributed by atoms with van der Waals surface area (Å²) in [5, 5.41) is 3.08. The number of anilines is 1. The molecule has 1 amide bonds. The number of ether oxygens (including phenoxy) is 1. The van der Waals surface area contributed by atoms with E-state index in [4.69, 9.17) is 16.3 Å². The number of nitrogens with one attached hydrogen (secondary N) is 2. The van der Waals surface area contributed by atoms with Crippen LogP contribution in [0, 0.1) is 13.8 Å². The Kier molecular flexibility index (Phi) is 7.56. The molecule has 0 aromatic heterocycles. The predicted octanol–water partition coefficient (Wildman–Crippen LogP) is 2.81. The highest BCUT2D eigenvalue weighted by Crippen LogP contribution is 2.16. The number of benzene rings is 2. The molecule has 0 radical (unpaired) electrons. The monoisotopic (exact) mass is 424 g/mol. The molecule has 2 aromatic rings. The first-order valence-electron chi connectivity index (χ1n) is 8.45. The first kappa shape index (κ1) is 21.9. The normalized spacial score (nSPS) is 11.1. The fourth-order valence-corrected chi connectivity index (χ4v) is 3.50. The Labute approximate surface area is 169 Å². The third-order valence-corrected chi connectivity index (χ3v) is 5.49. The minimum Gasteiger partial charge on any atom is -0.456 e. The van der Waals surface area contributed by atoms with Gasteiger partial charge in [0.15, 0.2) is 6.61 Å². The van der Waals surface area contributed by atoms with E-state index in [1.54, 1.807) is 6.07 Å². The van der Waals surface area contributed by atoms with Crippen LogP contribution in [-0.4, -0.2) is 33.4 Å². The fraction of sp³-hybridized carbons (Fsp3) is 0.263. The van der Waals surface area contributed by atoms with Gasteiger partial charge in [-0.2, -0.15) is 0 Å². The lowest BCUT2D eigenvalue weighted by molar-refractivity contribution is -0.147. The van der Waals surface area contributed by atoms with Gasteiger partial charge in [0.2, 0.25) is 10.0 Å². The molecule has 2 aromatic carbocycles. The van der Waals surface area contributed by atoms with Crippen LogP contribution < -0.4 is 10.0 Å². The van der Waals surface area contributed by atoms with Gasteiger partial charge in [-0.1, -0.05) is 29.3 Å². The highest BCUT2D eigenvalue weighted by atomic mass is 35.5. The molecule has 0 unspecified atom stereocenters. The number of carbonyl (C=O) groups excluding carboxylic acids is 2. The summed E-state index contributed by atoms with van der Waals surface area (Å²) in [6.45, 7) is 3.21. The molecule has 0 heterocycles. The zero-order valence-electron chi connectivity index (χ0n) is 15.5. The number of carbonyl (C=O) groups is 2. The Hall–Kier alpha value is -2.42. The lowest BCUT2D eigenvalue weighted by atomic mass is 10.1. The first-order valence-corrected chi connectivity index (χ1v) is 10.3. The van der Waals surface area contributed by atoms with E-state index in [0.717, 1.165) is 11.1 Å². The van der Waals surface area contributed by atoms with Crippen molar-refractivity contribution in [3.63, 3.8) is 0 Å². The minimum absolute atomic E-state index is 0.0399. The third kappa shape index (κ3) is 6.63. The Morgan fingerprint density at radius 2 is 1.75 bits per heavy atom. The van der Waals surface area contributed by atoms with Gasteiger partial charge in [0.1, 0.15) is 0 Å². The summed E-state index contributed by atoms with van der Waals surface area (Å²) in [5.41, 5.74) is 2.61. The van der Waals surface area contributed by atoms with Crippen LogP contribution in [0.2, 0.25) is 5.02 Å². The van der Waals surface area contributed by atoms with Gasteiger partial charge in [-0.05, 0) is 49.7 Å². The van der Waals surface area contributed by atoms with Crippen LogP contribution in [-0.2, 0) is 24.3 Å². The van der Waals surface area contributed by atoms with Gasteiger partial charge < -0.3 is 10.1 Å². The highest BCUT2D eigenvalue weighted by Gasteiger charge is 2.15. The zero-order chi connectivity index (χ0) is 20.7. The molecule has 0 aliphatic rings. The van der Waals surface area contributed by atoms with E-state index in [1.807, 2.05) is 26.0 Å². The summed E-state index contributed by atoms with van der Waals surface area (Å²) in [6, 6.07) is 11.2. The Morgan fingerprint density at radius 3 is 2.39 bits per heavy atom. The van der Waals surface area contributed by atoms with Crippen LogP contribution in [0.15, 0.2) is 47.4 Å². The predicted molar refractivity (Wildman–Crippen MR) is 107 cm³/mol. The summed E-state index contributed by atoms with van der Waals surface area (Å²) in [6.07, 6.45) is -0.205. The quantitative estimate of drug-likeness (QED) is 0.634. The van der Waals surface area contributed by atoms with Gasteiger partial charge in [0.05, 0.1) is 11.3 Å². The average molecular weight is 425 g/mol. The SMILES string of the molecule is Cc1ccc(NC(=O)COC(=O)CCNS(=O)(=O)c2ccc(Cl)cc2)c(C)c1. The number of halogens is 1. The van der Waals surface area contributed by atoms with E-state index in [9.17, 15) is 18.0 Å². The number of sulfonamides is 1. The second kappa shape index (κ2) is 9.68. The maximum Gasteiger partial charge on any atom is 0.307 e. The van der Waals surface area contributed by atoms with Gasteiger partial charge in [-0.15, -0.1) is 0 Å². The molecule has 2 N–H and O–H groups in total. The number of amides is 1. The van der Waals surface area contributed by atoms with E-state index in [-0.39, 0.29) is 17.9 Å². The number of rotatable bonds is 8. The van der Waals surface area contributed by atoms with Crippen molar-refractivity contribution in [3.8, 4) is 0 Å². The summed E-state index contributed by atoms with van der Waals surface area (Å²) in [5.74, 6) is -1.16. The first-order chi connectivity index (χ1) is 13.2. The third-order valence-electron chi connectivity index (χ3n) is 3.77. The summed E-state index contributed by atoms with van der Waals surface area (Å²) in [7, 11) is -3.75. The molecule has 0 bridgehead atoms. The van der Waals surface area contributed by atoms with Crippen molar-refractivity contribution in [3.05, 3.63) is 58.6 Å². The Morgan fingerprint density at radius 1 is 1.07 bits per heavy atom. The van der Waals surface area contributed by atoms with E-state index in [1.165, 1.54) is 24.3 Å². The molecule has 0 spiro atoms. The number of hydrogen-bond acceptors (Lipinski definition) is 5. The lowest BCUT2D eigenvalue weighted by Gasteiger charge is -2.10. The van der Waals surface area contributed by atoms with Crippen LogP contribution in [0.5, 0.6) is 0 Å². The van der Waals surface area contributed by atoms with Gasteiger partial charge >= 0.3 is 5.97 Å².